The van der Waals surface area contributed by atoms with Crippen molar-refractivity contribution in [3.05, 3.63) is 63.4 Å². The van der Waals surface area contributed by atoms with E-state index in [0.717, 1.165) is 43.7 Å². The number of nitrogens with one attached hydrogen (secondary N) is 1. The summed E-state index contributed by atoms with van der Waals surface area (Å²) < 4.78 is 13.8. The minimum Gasteiger partial charge on any atom is -0.326 e. The number of anilines is 1. The first-order valence-electron chi connectivity index (χ1n) is 10.1. The Morgan fingerprint density at radius 2 is 1.90 bits per heavy atom. The van der Waals surface area contributed by atoms with Crippen molar-refractivity contribution >= 4 is 34.8 Å². The zero-order valence-corrected chi connectivity index (χ0v) is 17.9. The van der Waals surface area contributed by atoms with E-state index >= 15 is 0 Å². The molecular weight excluding hydrogens is 410 g/mol. The van der Waals surface area contributed by atoms with Crippen LogP contribution >= 0.6 is 23.2 Å². The standard InChI is InChI=1S/C23H25Cl2FN2O/c1-14(29)27-23-5-3-18(26)12-20(23)15-6-8-28(9-7-15)13-17-10-19(17)16-2-4-21(24)22(25)11-16/h2-5,11-12,15,17,19H,6-10,13H2,1H3,(H,27,29)/t17-,19+/m0/s1. The number of carbonyl (C=O) groups is 1. The summed E-state index contributed by atoms with van der Waals surface area (Å²) in [5.74, 6) is 1.12. The van der Waals surface area contributed by atoms with E-state index in [1.807, 2.05) is 12.1 Å². The first kappa shape index (κ1) is 20.6. The zero-order chi connectivity index (χ0) is 20.5. The minimum atomic E-state index is -0.251. The van der Waals surface area contributed by atoms with Crippen molar-refractivity contribution in [2.24, 2.45) is 5.92 Å². The lowest BCUT2D eigenvalue weighted by molar-refractivity contribution is -0.114. The quantitative estimate of drug-likeness (QED) is 0.618. The Labute approximate surface area is 181 Å². The van der Waals surface area contributed by atoms with E-state index in [1.54, 1.807) is 12.1 Å². The monoisotopic (exact) mass is 434 g/mol. The normalized spacial score (nSPS) is 22.5. The summed E-state index contributed by atoms with van der Waals surface area (Å²) in [7, 11) is 0. The first-order valence-corrected chi connectivity index (χ1v) is 10.9. The fourth-order valence-electron chi connectivity index (χ4n) is 4.53. The number of hydrogen-bond donors (Lipinski definition) is 1. The highest BCUT2D eigenvalue weighted by Gasteiger charge is 2.40. The molecular formula is C23H25Cl2FN2O. The number of rotatable bonds is 5. The molecule has 2 atom stereocenters. The van der Waals surface area contributed by atoms with Gasteiger partial charge in [0.15, 0.2) is 0 Å². The molecule has 2 aromatic rings. The average molecular weight is 435 g/mol. The van der Waals surface area contributed by atoms with Crippen LogP contribution in [0.2, 0.25) is 10.0 Å². The van der Waals surface area contributed by atoms with Gasteiger partial charge < -0.3 is 10.2 Å². The van der Waals surface area contributed by atoms with E-state index < -0.39 is 0 Å². The summed E-state index contributed by atoms with van der Waals surface area (Å²) in [6.07, 6.45) is 3.13. The van der Waals surface area contributed by atoms with Gasteiger partial charge in [-0.2, -0.15) is 0 Å². The minimum absolute atomic E-state index is 0.127. The van der Waals surface area contributed by atoms with E-state index in [4.69, 9.17) is 23.2 Å². The van der Waals surface area contributed by atoms with Gasteiger partial charge in [0.2, 0.25) is 5.91 Å². The highest BCUT2D eigenvalue weighted by molar-refractivity contribution is 6.42. The molecule has 29 heavy (non-hydrogen) atoms. The highest BCUT2D eigenvalue weighted by Crippen LogP contribution is 2.49. The molecule has 1 amide bonds. The molecule has 2 aliphatic rings. The molecule has 0 spiro atoms. The SMILES string of the molecule is CC(=O)Nc1ccc(F)cc1C1CCN(C[C@@H]2C[C@@H]2c2ccc(Cl)c(Cl)c2)CC1. The van der Waals surface area contributed by atoms with Crippen LogP contribution in [0.4, 0.5) is 10.1 Å². The summed E-state index contributed by atoms with van der Waals surface area (Å²) in [6, 6.07) is 10.6. The number of benzene rings is 2. The predicted molar refractivity (Wildman–Crippen MR) is 116 cm³/mol. The molecule has 0 radical (unpaired) electrons. The van der Waals surface area contributed by atoms with E-state index in [0.29, 0.717) is 21.9 Å². The summed E-state index contributed by atoms with van der Waals surface area (Å²) in [6.45, 7) is 4.55. The molecule has 1 aliphatic carbocycles. The van der Waals surface area contributed by atoms with Crippen molar-refractivity contribution in [3.63, 3.8) is 0 Å². The van der Waals surface area contributed by atoms with Gasteiger partial charge in [-0.25, -0.2) is 4.39 Å². The van der Waals surface area contributed by atoms with Crippen molar-refractivity contribution in [1.29, 1.82) is 0 Å². The Morgan fingerprint density at radius 1 is 1.14 bits per heavy atom. The molecule has 0 bridgehead atoms. The van der Waals surface area contributed by atoms with Crippen LogP contribution in [0.25, 0.3) is 0 Å². The Morgan fingerprint density at radius 3 is 2.59 bits per heavy atom. The van der Waals surface area contributed by atoms with Crippen LogP contribution in [0.3, 0.4) is 0 Å². The Hall–Kier alpha value is -1.62. The Bertz CT molecular complexity index is 912. The van der Waals surface area contributed by atoms with Crippen molar-refractivity contribution in [2.75, 3.05) is 25.0 Å². The lowest BCUT2D eigenvalue weighted by Crippen LogP contribution is -2.34. The highest BCUT2D eigenvalue weighted by atomic mass is 35.5. The van der Waals surface area contributed by atoms with Gasteiger partial charge in [-0.05, 0) is 91.6 Å². The third-order valence-electron chi connectivity index (χ3n) is 6.14. The maximum atomic E-state index is 13.8. The molecule has 1 heterocycles. The van der Waals surface area contributed by atoms with Gasteiger partial charge in [-0.15, -0.1) is 0 Å². The number of likely N-dealkylation sites (tertiary alicyclic amines) is 1. The van der Waals surface area contributed by atoms with Gasteiger partial charge in [-0.1, -0.05) is 29.3 Å². The number of carbonyl (C=O) groups excluding carboxylic acids is 1. The smallest absolute Gasteiger partial charge is 0.221 e. The van der Waals surface area contributed by atoms with Crippen molar-refractivity contribution in [3.8, 4) is 0 Å². The molecule has 2 fully saturated rings. The molecule has 3 nitrogen and oxygen atoms in total. The molecule has 1 N–H and O–H groups in total. The summed E-state index contributed by atoms with van der Waals surface area (Å²) in [5, 5.41) is 4.07. The molecule has 0 unspecified atom stereocenters. The second-order valence-corrected chi connectivity index (χ2v) is 9.08. The summed E-state index contributed by atoms with van der Waals surface area (Å²) in [5.41, 5.74) is 2.93. The second-order valence-electron chi connectivity index (χ2n) is 8.26. The van der Waals surface area contributed by atoms with Crippen LogP contribution in [0.1, 0.15) is 49.1 Å². The van der Waals surface area contributed by atoms with E-state index in [1.165, 1.54) is 25.0 Å². The van der Waals surface area contributed by atoms with E-state index in [2.05, 4.69) is 16.3 Å². The fourth-order valence-corrected chi connectivity index (χ4v) is 4.84. The zero-order valence-electron chi connectivity index (χ0n) is 16.4. The maximum Gasteiger partial charge on any atom is 0.221 e. The van der Waals surface area contributed by atoms with E-state index in [-0.39, 0.29) is 17.6 Å². The Balaban J connectivity index is 1.33. The third-order valence-corrected chi connectivity index (χ3v) is 6.88. The van der Waals surface area contributed by atoms with Crippen LogP contribution in [0.5, 0.6) is 0 Å². The van der Waals surface area contributed by atoms with Gasteiger partial charge >= 0.3 is 0 Å². The average Bonchev–Trinajstić information content (AvgIpc) is 3.45. The topological polar surface area (TPSA) is 32.3 Å². The number of halogens is 3. The molecule has 6 heteroatoms. The largest absolute Gasteiger partial charge is 0.326 e. The van der Waals surface area contributed by atoms with Crippen LogP contribution in [0, 0.1) is 11.7 Å². The van der Waals surface area contributed by atoms with Crippen LogP contribution in [-0.4, -0.2) is 30.4 Å². The van der Waals surface area contributed by atoms with Gasteiger partial charge in [0.25, 0.3) is 0 Å². The van der Waals surface area contributed by atoms with Crippen molar-refractivity contribution in [1.82, 2.24) is 4.90 Å². The van der Waals surface area contributed by atoms with Gasteiger partial charge in [0.1, 0.15) is 5.82 Å². The van der Waals surface area contributed by atoms with Gasteiger partial charge in [0.05, 0.1) is 10.0 Å². The number of hydrogen-bond acceptors (Lipinski definition) is 2. The molecule has 1 saturated heterocycles. The van der Waals surface area contributed by atoms with E-state index in [9.17, 15) is 9.18 Å². The second kappa shape index (κ2) is 8.63. The first-order chi connectivity index (χ1) is 13.9. The number of nitrogens with zero attached hydrogens (tertiary/aromatic N) is 1. The van der Waals surface area contributed by atoms with Gasteiger partial charge in [-0.3, -0.25) is 4.79 Å². The maximum absolute atomic E-state index is 13.8. The molecule has 1 saturated carbocycles. The van der Waals surface area contributed by atoms with Crippen molar-refractivity contribution < 1.29 is 9.18 Å². The molecule has 2 aromatic carbocycles. The Kier molecular flexibility index (Phi) is 6.14. The molecule has 1 aliphatic heterocycles. The van der Waals surface area contributed by atoms with Crippen LogP contribution < -0.4 is 5.32 Å². The predicted octanol–water partition coefficient (Wildman–Crippen LogP) is 6.07. The van der Waals surface area contributed by atoms with Crippen LogP contribution in [-0.2, 0) is 4.79 Å². The fraction of sp³-hybridized carbons (Fsp3) is 0.435. The lowest BCUT2D eigenvalue weighted by atomic mass is 9.88. The lowest BCUT2D eigenvalue weighted by Gasteiger charge is -2.33. The van der Waals surface area contributed by atoms with Crippen molar-refractivity contribution in [2.45, 2.75) is 38.0 Å². The third kappa shape index (κ3) is 4.93. The molecule has 0 aromatic heterocycles. The summed E-state index contributed by atoms with van der Waals surface area (Å²) >= 11 is 12.2. The molecule has 154 valence electrons. The molecule has 4 rings (SSSR count). The number of amides is 1. The van der Waals surface area contributed by atoms with Gasteiger partial charge in [0, 0.05) is 19.2 Å². The number of piperidine rings is 1. The summed E-state index contributed by atoms with van der Waals surface area (Å²) in [4.78, 5) is 14.0. The van der Waals surface area contributed by atoms with Crippen LogP contribution in [0.15, 0.2) is 36.4 Å².